The molecule has 0 atom stereocenters. The van der Waals surface area contributed by atoms with Crippen LogP contribution in [0.5, 0.6) is 0 Å². The third kappa shape index (κ3) is 1.80. The SMILES string of the molecule is Cc1ccc(C=NN)cc1C. The second-order valence-electron chi connectivity index (χ2n) is 2.62. The highest BCUT2D eigenvalue weighted by atomic mass is 15.1. The minimum Gasteiger partial charge on any atom is -0.323 e. The fourth-order valence-electron chi connectivity index (χ4n) is 0.931. The van der Waals surface area contributed by atoms with Crippen molar-refractivity contribution in [2.75, 3.05) is 0 Å². The molecule has 0 radical (unpaired) electrons. The van der Waals surface area contributed by atoms with Gasteiger partial charge in [0.1, 0.15) is 0 Å². The lowest BCUT2D eigenvalue weighted by Crippen LogP contribution is -1.88. The third-order valence-corrected chi connectivity index (χ3v) is 1.75. The van der Waals surface area contributed by atoms with E-state index in [0.29, 0.717) is 0 Å². The van der Waals surface area contributed by atoms with Gasteiger partial charge in [-0.05, 0) is 30.5 Å². The van der Waals surface area contributed by atoms with Gasteiger partial charge in [-0.3, -0.25) is 0 Å². The van der Waals surface area contributed by atoms with E-state index >= 15 is 0 Å². The lowest BCUT2D eigenvalue weighted by atomic mass is 10.1. The van der Waals surface area contributed by atoms with Crippen LogP contribution in [0.15, 0.2) is 23.3 Å². The van der Waals surface area contributed by atoms with Crippen LogP contribution in [0.4, 0.5) is 0 Å². The van der Waals surface area contributed by atoms with Crippen molar-refractivity contribution in [3.63, 3.8) is 0 Å². The van der Waals surface area contributed by atoms with E-state index in [1.54, 1.807) is 6.21 Å². The lowest BCUT2D eigenvalue weighted by molar-refractivity contribution is 1.26. The molecule has 2 nitrogen and oxygen atoms in total. The van der Waals surface area contributed by atoms with Crippen LogP contribution >= 0.6 is 0 Å². The number of hydrogen-bond donors (Lipinski definition) is 1. The maximum Gasteiger partial charge on any atom is 0.0538 e. The molecule has 11 heavy (non-hydrogen) atoms. The summed E-state index contributed by atoms with van der Waals surface area (Å²) in [6, 6.07) is 6.12. The molecule has 0 aliphatic heterocycles. The highest BCUT2D eigenvalue weighted by molar-refractivity contribution is 5.79. The van der Waals surface area contributed by atoms with Crippen LogP contribution < -0.4 is 5.84 Å². The van der Waals surface area contributed by atoms with Gasteiger partial charge in [-0.25, -0.2) is 0 Å². The number of nitrogens with two attached hydrogens (primary N) is 1. The van der Waals surface area contributed by atoms with Crippen molar-refractivity contribution in [2.24, 2.45) is 10.9 Å². The molecule has 2 heteroatoms. The van der Waals surface area contributed by atoms with Gasteiger partial charge in [-0.15, -0.1) is 0 Å². The zero-order valence-corrected chi connectivity index (χ0v) is 6.83. The van der Waals surface area contributed by atoms with E-state index in [1.165, 1.54) is 11.1 Å². The molecule has 0 fully saturated rings. The molecule has 2 N–H and O–H groups in total. The molecule has 0 heterocycles. The van der Waals surface area contributed by atoms with Crippen molar-refractivity contribution in [1.29, 1.82) is 0 Å². The Hall–Kier alpha value is -1.31. The van der Waals surface area contributed by atoms with E-state index < -0.39 is 0 Å². The molecule has 0 aliphatic carbocycles. The first kappa shape index (κ1) is 7.79. The molecular weight excluding hydrogens is 136 g/mol. The largest absolute Gasteiger partial charge is 0.323 e. The Morgan fingerprint density at radius 3 is 2.55 bits per heavy atom. The van der Waals surface area contributed by atoms with Gasteiger partial charge in [-0.1, -0.05) is 18.2 Å². The van der Waals surface area contributed by atoms with Crippen molar-refractivity contribution in [3.05, 3.63) is 34.9 Å². The van der Waals surface area contributed by atoms with Crippen molar-refractivity contribution < 1.29 is 0 Å². The van der Waals surface area contributed by atoms with Gasteiger partial charge < -0.3 is 5.84 Å². The Bertz CT molecular complexity index is 277. The van der Waals surface area contributed by atoms with Crippen LogP contribution in [0, 0.1) is 13.8 Å². The normalized spacial score (nSPS) is 10.7. The first-order valence-corrected chi connectivity index (χ1v) is 3.54. The van der Waals surface area contributed by atoms with Crippen LogP contribution in [-0.2, 0) is 0 Å². The third-order valence-electron chi connectivity index (χ3n) is 1.75. The molecule has 0 bridgehead atoms. The van der Waals surface area contributed by atoms with Crippen molar-refractivity contribution in [2.45, 2.75) is 13.8 Å². The highest BCUT2D eigenvalue weighted by Gasteiger charge is 1.92. The molecule has 1 aromatic rings. The molecule has 1 rings (SSSR count). The first-order chi connectivity index (χ1) is 5.24. The number of hydrogen-bond acceptors (Lipinski definition) is 2. The summed E-state index contributed by atoms with van der Waals surface area (Å²) >= 11 is 0. The summed E-state index contributed by atoms with van der Waals surface area (Å²) in [6.07, 6.45) is 1.65. The van der Waals surface area contributed by atoms with Gasteiger partial charge in [-0.2, -0.15) is 5.10 Å². The number of aryl methyl sites for hydroxylation is 2. The molecule has 0 amide bonds. The molecular formula is C9H12N2. The number of benzene rings is 1. The molecule has 0 aromatic heterocycles. The summed E-state index contributed by atoms with van der Waals surface area (Å²) in [5, 5.41) is 3.45. The highest BCUT2D eigenvalue weighted by Crippen LogP contribution is 2.07. The van der Waals surface area contributed by atoms with E-state index in [-0.39, 0.29) is 0 Å². The van der Waals surface area contributed by atoms with Crippen molar-refractivity contribution >= 4 is 6.21 Å². The summed E-state index contributed by atoms with van der Waals surface area (Å²) in [7, 11) is 0. The maximum absolute atomic E-state index is 5.02. The molecule has 0 unspecified atom stereocenters. The lowest BCUT2D eigenvalue weighted by Gasteiger charge is -1.99. The summed E-state index contributed by atoms with van der Waals surface area (Å²) < 4.78 is 0. The molecule has 0 aliphatic rings. The number of nitrogens with zero attached hydrogens (tertiary/aromatic N) is 1. The predicted molar refractivity (Wildman–Crippen MR) is 47.7 cm³/mol. The van der Waals surface area contributed by atoms with Gasteiger partial charge >= 0.3 is 0 Å². The second-order valence-corrected chi connectivity index (χ2v) is 2.62. The molecule has 1 aromatic carbocycles. The number of hydrazone groups is 1. The van der Waals surface area contributed by atoms with E-state index in [0.717, 1.165) is 5.56 Å². The van der Waals surface area contributed by atoms with E-state index in [2.05, 4.69) is 31.1 Å². The Balaban J connectivity index is 3.05. The Morgan fingerprint density at radius 2 is 2.00 bits per heavy atom. The molecule has 0 saturated heterocycles. The zero-order chi connectivity index (χ0) is 8.27. The smallest absolute Gasteiger partial charge is 0.0538 e. The average Bonchev–Trinajstić information content (AvgIpc) is 1.98. The summed E-state index contributed by atoms with van der Waals surface area (Å²) in [5.41, 5.74) is 3.61. The predicted octanol–water partition coefficient (Wildman–Crippen LogP) is 1.60. The van der Waals surface area contributed by atoms with E-state index in [1.807, 2.05) is 6.07 Å². The Kier molecular flexibility index (Phi) is 2.26. The molecule has 0 saturated carbocycles. The zero-order valence-electron chi connectivity index (χ0n) is 6.83. The summed E-state index contributed by atoms with van der Waals surface area (Å²) in [6.45, 7) is 4.15. The van der Waals surface area contributed by atoms with E-state index in [4.69, 9.17) is 5.84 Å². The fraction of sp³-hybridized carbons (Fsp3) is 0.222. The van der Waals surface area contributed by atoms with Crippen LogP contribution in [0.25, 0.3) is 0 Å². The summed E-state index contributed by atoms with van der Waals surface area (Å²) in [5.74, 6) is 5.02. The van der Waals surface area contributed by atoms with Gasteiger partial charge in [0.05, 0.1) is 6.21 Å². The monoisotopic (exact) mass is 148 g/mol. The van der Waals surface area contributed by atoms with Crippen molar-refractivity contribution in [1.82, 2.24) is 0 Å². The van der Waals surface area contributed by atoms with Crippen LogP contribution in [-0.4, -0.2) is 6.21 Å². The van der Waals surface area contributed by atoms with Crippen molar-refractivity contribution in [3.8, 4) is 0 Å². The second kappa shape index (κ2) is 3.19. The van der Waals surface area contributed by atoms with Crippen LogP contribution in [0.2, 0.25) is 0 Å². The van der Waals surface area contributed by atoms with Gasteiger partial charge in [0.15, 0.2) is 0 Å². The molecule has 58 valence electrons. The van der Waals surface area contributed by atoms with Crippen LogP contribution in [0.3, 0.4) is 0 Å². The Labute approximate surface area is 66.7 Å². The van der Waals surface area contributed by atoms with Crippen LogP contribution in [0.1, 0.15) is 16.7 Å². The Morgan fingerprint density at radius 1 is 1.27 bits per heavy atom. The van der Waals surface area contributed by atoms with Gasteiger partial charge in [0.25, 0.3) is 0 Å². The maximum atomic E-state index is 5.02. The minimum atomic E-state index is 1.05. The van der Waals surface area contributed by atoms with Gasteiger partial charge in [0, 0.05) is 0 Å². The molecule has 0 spiro atoms. The standard InChI is InChI=1S/C9H12N2/c1-7-3-4-9(6-11-10)5-8(7)2/h3-6H,10H2,1-2H3. The quantitative estimate of drug-likeness (QED) is 0.366. The average molecular weight is 148 g/mol. The number of rotatable bonds is 1. The summed E-state index contributed by atoms with van der Waals surface area (Å²) in [4.78, 5) is 0. The minimum absolute atomic E-state index is 1.05. The topological polar surface area (TPSA) is 38.4 Å². The fourth-order valence-corrected chi connectivity index (χ4v) is 0.931. The van der Waals surface area contributed by atoms with E-state index in [9.17, 15) is 0 Å². The first-order valence-electron chi connectivity index (χ1n) is 3.54. The van der Waals surface area contributed by atoms with Gasteiger partial charge in [0.2, 0.25) is 0 Å².